The number of aryl methyl sites for hydroxylation is 1. The molecule has 2 fully saturated rings. The summed E-state index contributed by atoms with van der Waals surface area (Å²) in [6.07, 6.45) is 13.4. The summed E-state index contributed by atoms with van der Waals surface area (Å²) < 4.78 is 0. The Morgan fingerprint density at radius 2 is 1.25 bits per heavy atom. The van der Waals surface area contributed by atoms with Gasteiger partial charge in [-0.2, -0.15) is 0 Å². The van der Waals surface area contributed by atoms with Gasteiger partial charge in [0.2, 0.25) is 0 Å². The van der Waals surface area contributed by atoms with Crippen molar-refractivity contribution < 1.29 is 5.11 Å². The Kier molecular flexibility index (Phi) is 4.33. The number of phenols is 1. The van der Waals surface area contributed by atoms with Gasteiger partial charge in [-0.15, -0.1) is 0 Å². The standard InChI is InChI=1S/C19H28O/c1-14-12-13-17(20)19(16-10-6-3-7-11-16)18(14)15-8-4-2-5-9-15/h12-13,15-16,20H,2-11H2,1H3. The summed E-state index contributed by atoms with van der Waals surface area (Å²) >= 11 is 0. The lowest BCUT2D eigenvalue weighted by Crippen LogP contribution is -2.14. The summed E-state index contributed by atoms with van der Waals surface area (Å²) in [4.78, 5) is 0. The van der Waals surface area contributed by atoms with Gasteiger partial charge in [-0.25, -0.2) is 0 Å². The van der Waals surface area contributed by atoms with Gasteiger partial charge in [0.15, 0.2) is 0 Å². The lowest BCUT2D eigenvalue weighted by atomic mass is 9.74. The van der Waals surface area contributed by atoms with Crippen LogP contribution in [0.15, 0.2) is 12.1 Å². The Morgan fingerprint density at radius 1 is 0.750 bits per heavy atom. The molecule has 1 N–H and O–H groups in total. The van der Waals surface area contributed by atoms with Gasteiger partial charge in [0.05, 0.1) is 0 Å². The first-order valence-corrected chi connectivity index (χ1v) is 8.59. The summed E-state index contributed by atoms with van der Waals surface area (Å²) in [6.45, 7) is 2.25. The van der Waals surface area contributed by atoms with Crippen molar-refractivity contribution in [1.29, 1.82) is 0 Å². The van der Waals surface area contributed by atoms with Crippen molar-refractivity contribution in [3.63, 3.8) is 0 Å². The van der Waals surface area contributed by atoms with Gasteiger partial charge in [-0.05, 0) is 61.6 Å². The Morgan fingerprint density at radius 3 is 1.80 bits per heavy atom. The molecule has 1 aromatic rings. The molecule has 0 spiro atoms. The van der Waals surface area contributed by atoms with E-state index in [1.807, 2.05) is 6.07 Å². The lowest BCUT2D eigenvalue weighted by Gasteiger charge is -2.31. The van der Waals surface area contributed by atoms with Crippen LogP contribution in [-0.2, 0) is 0 Å². The molecule has 1 heteroatoms. The van der Waals surface area contributed by atoms with E-state index in [1.54, 1.807) is 0 Å². The highest BCUT2D eigenvalue weighted by molar-refractivity contribution is 5.48. The van der Waals surface area contributed by atoms with Gasteiger partial charge in [0.1, 0.15) is 5.75 Å². The van der Waals surface area contributed by atoms with E-state index < -0.39 is 0 Å². The first kappa shape index (κ1) is 14.0. The highest BCUT2D eigenvalue weighted by Gasteiger charge is 2.27. The molecule has 0 atom stereocenters. The van der Waals surface area contributed by atoms with Crippen LogP contribution in [-0.4, -0.2) is 5.11 Å². The molecule has 2 aliphatic carbocycles. The fraction of sp³-hybridized carbons (Fsp3) is 0.684. The van der Waals surface area contributed by atoms with Crippen LogP contribution in [0.3, 0.4) is 0 Å². The van der Waals surface area contributed by atoms with E-state index in [0.717, 1.165) is 0 Å². The molecule has 0 saturated heterocycles. The van der Waals surface area contributed by atoms with Crippen molar-refractivity contribution in [2.75, 3.05) is 0 Å². The van der Waals surface area contributed by atoms with Gasteiger partial charge in [0, 0.05) is 5.56 Å². The molecular weight excluding hydrogens is 244 g/mol. The van der Waals surface area contributed by atoms with E-state index in [9.17, 15) is 5.11 Å². The second-order valence-corrected chi connectivity index (χ2v) is 6.90. The van der Waals surface area contributed by atoms with Crippen LogP contribution in [0.25, 0.3) is 0 Å². The first-order chi connectivity index (χ1) is 9.77. The largest absolute Gasteiger partial charge is 0.508 e. The summed E-state index contributed by atoms with van der Waals surface area (Å²) in [5.41, 5.74) is 4.27. The first-order valence-electron chi connectivity index (χ1n) is 8.59. The van der Waals surface area contributed by atoms with Crippen molar-refractivity contribution in [2.45, 2.75) is 83.0 Å². The number of hydrogen-bond acceptors (Lipinski definition) is 1. The normalized spacial score (nSPS) is 22.1. The van der Waals surface area contributed by atoms with Crippen molar-refractivity contribution in [1.82, 2.24) is 0 Å². The van der Waals surface area contributed by atoms with Crippen LogP contribution in [0.2, 0.25) is 0 Å². The van der Waals surface area contributed by atoms with Crippen molar-refractivity contribution in [3.8, 4) is 5.75 Å². The maximum atomic E-state index is 10.5. The topological polar surface area (TPSA) is 20.2 Å². The lowest BCUT2D eigenvalue weighted by molar-refractivity contribution is 0.396. The average Bonchev–Trinajstić information content (AvgIpc) is 2.51. The molecule has 0 unspecified atom stereocenters. The number of phenolic OH excluding ortho intramolecular Hbond substituents is 1. The minimum Gasteiger partial charge on any atom is -0.508 e. The van der Waals surface area contributed by atoms with Crippen LogP contribution in [0.5, 0.6) is 5.75 Å². The SMILES string of the molecule is Cc1ccc(O)c(C2CCCCC2)c1C1CCCCC1. The zero-order valence-corrected chi connectivity index (χ0v) is 12.8. The van der Waals surface area contributed by atoms with Crippen LogP contribution >= 0.6 is 0 Å². The molecule has 2 saturated carbocycles. The van der Waals surface area contributed by atoms with E-state index in [4.69, 9.17) is 0 Å². The predicted molar refractivity (Wildman–Crippen MR) is 84.5 cm³/mol. The second kappa shape index (κ2) is 6.20. The molecule has 1 nitrogen and oxygen atoms in total. The molecule has 0 heterocycles. The Balaban J connectivity index is 1.99. The highest BCUT2D eigenvalue weighted by Crippen LogP contribution is 2.45. The predicted octanol–water partition coefficient (Wildman–Crippen LogP) is 5.80. The van der Waals surface area contributed by atoms with Gasteiger partial charge in [0.25, 0.3) is 0 Å². The molecule has 0 aliphatic heterocycles. The summed E-state index contributed by atoms with van der Waals surface area (Å²) in [7, 11) is 0. The Bertz CT molecular complexity index is 408. The van der Waals surface area contributed by atoms with Crippen molar-refractivity contribution >= 4 is 0 Å². The zero-order valence-electron chi connectivity index (χ0n) is 12.8. The summed E-state index contributed by atoms with van der Waals surface area (Å²) in [6, 6.07) is 4.07. The van der Waals surface area contributed by atoms with Gasteiger partial charge in [-0.1, -0.05) is 44.6 Å². The minimum absolute atomic E-state index is 0.572. The Labute approximate surface area is 123 Å². The molecule has 110 valence electrons. The molecule has 1 aromatic carbocycles. The minimum atomic E-state index is 0.572. The third-order valence-corrected chi connectivity index (χ3v) is 5.51. The number of rotatable bonds is 2. The van der Waals surface area contributed by atoms with Gasteiger partial charge < -0.3 is 5.11 Å². The van der Waals surface area contributed by atoms with Gasteiger partial charge in [-0.3, -0.25) is 0 Å². The monoisotopic (exact) mass is 272 g/mol. The molecule has 0 bridgehead atoms. The quantitative estimate of drug-likeness (QED) is 0.721. The molecule has 20 heavy (non-hydrogen) atoms. The Hall–Kier alpha value is -0.980. The van der Waals surface area contributed by atoms with E-state index in [2.05, 4.69) is 13.0 Å². The van der Waals surface area contributed by atoms with Gasteiger partial charge >= 0.3 is 0 Å². The van der Waals surface area contributed by atoms with Crippen LogP contribution in [0.1, 0.15) is 92.7 Å². The smallest absolute Gasteiger partial charge is 0.119 e. The van der Waals surface area contributed by atoms with Crippen molar-refractivity contribution in [3.05, 3.63) is 28.8 Å². The van der Waals surface area contributed by atoms with E-state index in [-0.39, 0.29) is 0 Å². The summed E-state index contributed by atoms with van der Waals surface area (Å²) in [5, 5.41) is 10.5. The second-order valence-electron chi connectivity index (χ2n) is 6.90. The highest BCUT2D eigenvalue weighted by atomic mass is 16.3. The molecule has 0 amide bonds. The fourth-order valence-corrected chi connectivity index (χ4v) is 4.49. The molecule has 2 aliphatic rings. The van der Waals surface area contributed by atoms with Crippen molar-refractivity contribution in [2.24, 2.45) is 0 Å². The van der Waals surface area contributed by atoms with Crippen LogP contribution < -0.4 is 0 Å². The maximum absolute atomic E-state index is 10.5. The van der Waals surface area contributed by atoms with E-state index in [1.165, 1.54) is 80.9 Å². The fourth-order valence-electron chi connectivity index (χ4n) is 4.49. The molecule has 3 rings (SSSR count). The maximum Gasteiger partial charge on any atom is 0.119 e. The summed E-state index contributed by atoms with van der Waals surface area (Å²) in [5.74, 6) is 1.89. The average molecular weight is 272 g/mol. The number of hydrogen-bond donors (Lipinski definition) is 1. The zero-order chi connectivity index (χ0) is 13.9. The molecule has 0 radical (unpaired) electrons. The molecular formula is C19H28O. The number of benzene rings is 1. The third-order valence-electron chi connectivity index (χ3n) is 5.51. The van der Waals surface area contributed by atoms with E-state index in [0.29, 0.717) is 17.6 Å². The van der Waals surface area contributed by atoms with Crippen LogP contribution in [0, 0.1) is 6.92 Å². The third kappa shape index (κ3) is 2.73. The number of aromatic hydroxyl groups is 1. The van der Waals surface area contributed by atoms with E-state index >= 15 is 0 Å². The van der Waals surface area contributed by atoms with Crippen LogP contribution in [0.4, 0.5) is 0 Å². The molecule has 0 aromatic heterocycles.